The molecule has 3 atom stereocenters. The van der Waals surface area contributed by atoms with Gasteiger partial charge in [0.15, 0.2) is 15.4 Å². The Labute approximate surface area is 203 Å². The molecule has 2 aliphatic heterocycles. The number of hydrogen-bond donors (Lipinski definition) is 2. The van der Waals surface area contributed by atoms with Gasteiger partial charge in [0.1, 0.15) is 22.3 Å². The van der Waals surface area contributed by atoms with Crippen LogP contribution < -0.4 is 20.7 Å². The van der Waals surface area contributed by atoms with Gasteiger partial charge in [-0.05, 0) is 69.9 Å². The standard InChI is InChI=1S/C24H29FN4O5S/c1-24(2,34-19-8-5-15(25)10-20(19)35(3,32)33)23(31)28-16-11-17-6-7-18(12-16)29(17)21-9-4-14(13-27-21)22(26)30/h4-5,8-10,13,16-18H,6-7,11-12H2,1-3H3,(H2,26,30)(H,28,31)/t16-,17+,18-. The summed E-state index contributed by atoms with van der Waals surface area (Å²) in [6.45, 7) is 3.09. The van der Waals surface area contributed by atoms with Crippen molar-refractivity contribution >= 4 is 27.5 Å². The first kappa shape index (κ1) is 24.9. The quantitative estimate of drug-likeness (QED) is 0.591. The normalized spacial score (nSPS) is 22.1. The van der Waals surface area contributed by atoms with E-state index in [4.69, 9.17) is 10.5 Å². The van der Waals surface area contributed by atoms with E-state index in [-0.39, 0.29) is 34.7 Å². The molecule has 4 rings (SSSR count). The molecule has 35 heavy (non-hydrogen) atoms. The highest BCUT2D eigenvalue weighted by molar-refractivity contribution is 7.90. The zero-order valence-electron chi connectivity index (χ0n) is 19.8. The zero-order chi connectivity index (χ0) is 25.5. The van der Waals surface area contributed by atoms with E-state index in [1.807, 2.05) is 0 Å². The number of ether oxygens (including phenoxy) is 1. The summed E-state index contributed by atoms with van der Waals surface area (Å²) < 4.78 is 43.6. The minimum absolute atomic E-state index is 0.0746. The number of carbonyl (C=O) groups is 2. The molecule has 2 amide bonds. The van der Waals surface area contributed by atoms with E-state index in [2.05, 4.69) is 15.2 Å². The topological polar surface area (TPSA) is 132 Å². The van der Waals surface area contributed by atoms with Crippen LogP contribution in [0.5, 0.6) is 5.75 Å². The number of fused-ring (bicyclic) bond motifs is 2. The van der Waals surface area contributed by atoms with Crippen molar-refractivity contribution in [2.24, 2.45) is 5.73 Å². The Morgan fingerprint density at radius 2 is 1.83 bits per heavy atom. The van der Waals surface area contributed by atoms with Gasteiger partial charge in [0.05, 0.1) is 5.56 Å². The SMILES string of the molecule is CC(C)(Oc1ccc(F)cc1S(C)(=O)=O)C(=O)N[C@H]1C[C@H]2CC[C@@H](C1)N2c1ccc(C(N)=O)cn1. The molecule has 188 valence electrons. The molecule has 0 saturated carbocycles. The van der Waals surface area contributed by atoms with Crippen molar-refractivity contribution in [1.82, 2.24) is 10.3 Å². The van der Waals surface area contributed by atoms with E-state index < -0.39 is 27.2 Å². The Morgan fingerprint density at radius 1 is 1.17 bits per heavy atom. The molecule has 1 aromatic carbocycles. The van der Waals surface area contributed by atoms with Gasteiger partial charge in [-0.2, -0.15) is 0 Å². The van der Waals surface area contributed by atoms with Crippen molar-refractivity contribution in [2.45, 2.75) is 68.2 Å². The molecule has 3 heterocycles. The highest BCUT2D eigenvalue weighted by Crippen LogP contribution is 2.39. The van der Waals surface area contributed by atoms with Gasteiger partial charge in [-0.25, -0.2) is 17.8 Å². The molecule has 1 aromatic heterocycles. The zero-order valence-corrected chi connectivity index (χ0v) is 20.6. The van der Waals surface area contributed by atoms with Crippen molar-refractivity contribution in [2.75, 3.05) is 11.2 Å². The second-order valence-electron chi connectivity index (χ2n) is 9.68. The Kier molecular flexibility index (Phi) is 6.48. The number of nitrogens with one attached hydrogen (secondary N) is 1. The molecule has 0 unspecified atom stereocenters. The summed E-state index contributed by atoms with van der Waals surface area (Å²) in [4.78, 5) is 30.8. The summed E-state index contributed by atoms with van der Waals surface area (Å²) in [6.07, 6.45) is 5.78. The number of benzene rings is 1. The van der Waals surface area contributed by atoms with E-state index in [0.717, 1.165) is 37.0 Å². The van der Waals surface area contributed by atoms with Gasteiger partial charge in [-0.1, -0.05) is 0 Å². The second-order valence-corrected chi connectivity index (χ2v) is 11.7. The molecular weight excluding hydrogens is 475 g/mol. The number of piperidine rings is 1. The number of primary amides is 1. The lowest BCUT2D eigenvalue weighted by Gasteiger charge is -2.40. The summed E-state index contributed by atoms with van der Waals surface area (Å²) in [6, 6.07) is 6.93. The maximum atomic E-state index is 13.6. The number of halogens is 1. The number of anilines is 1. The van der Waals surface area contributed by atoms with E-state index >= 15 is 0 Å². The van der Waals surface area contributed by atoms with Crippen molar-refractivity contribution in [3.63, 3.8) is 0 Å². The van der Waals surface area contributed by atoms with E-state index in [1.165, 1.54) is 12.3 Å². The van der Waals surface area contributed by atoms with Crippen LogP contribution >= 0.6 is 0 Å². The molecule has 0 radical (unpaired) electrons. The van der Waals surface area contributed by atoms with Crippen LogP contribution in [0.3, 0.4) is 0 Å². The summed E-state index contributed by atoms with van der Waals surface area (Å²) in [5.74, 6) is -0.915. The number of sulfone groups is 1. The number of amides is 2. The molecule has 0 spiro atoms. The van der Waals surface area contributed by atoms with Crippen molar-refractivity contribution in [3.05, 3.63) is 47.9 Å². The lowest BCUT2D eigenvalue weighted by atomic mass is 9.96. The van der Waals surface area contributed by atoms with Crippen LogP contribution in [0.4, 0.5) is 10.2 Å². The molecule has 0 aliphatic carbocycles. The predicted molar refractivity (Wildman–Crippen MR) is 127 cm³/mol. The smallest absolute Gasteiger partial charge is 0.263 e. The number of nitrogens with two attached hydrogens (primary N) is 1. The van der Waals surface area contributed by atoms with Gasteiger partial charge in [0, 0.05) is 30.6 Å². The third kappa shape index (κ3) is 5.24. The minimum atomic E-state index is -3.76. The van der Waals surface area contributed by atoms with Gasteiger partial charge in [-0.15, -0.1) is 0 Å². The second kappa shape index (κ2) is 9.10. The van der Waals surface area contributed by atoms with Crippen molar-refractivity contribution < 1.29 is 27.1 Å². The van der Waals surface area contributed by atoms with Gasteiger partial charge >= 0.3 is 0 Å². The highest BCUT2D eigenvalue weighted by atomic mass is 32.2. The van der Waals surface area contributed by atoms with E-state index in [9.17, 15) is 22.4 Å². The fraction of sp³-hybridized carbons (Fsp3) is 0.458. The molecule has 2 fully saturated rings. The number of hydrogen-bond acceptors (Lipinski definition) is 7. The maximum absolute atomic E-state index is 13.6. The lowest BCUT2D eigenvalue weighted by molar-refractivity contribution is -0.135. The first-order valence-electron chi connectivity index (χ1n) is 11.4. The molecule has 3 N–H and O–H groups in total. The third-order valence-electron chi connectivity index (χ3n) is 6.58. The molecule has 11 heteroatoms. The van der Waals surface area contributed by atoms with E-state index in [0.29, 0.717) is 18.4 Å². The number of aromatic nitrogens is 1. The molecule has 2 saturated heterocycles. The van der Waals surface area contributed by atoms with Crippen LogP contribution in [0.2, 0.25) is 0 Å². The first-order valence-corrected chi connectivity index (χ1v) is 13.3. The van der Waals surface area contributed by atoms with Crippen molar-refractivity contribution in [3.8, 4) is 5.75 Å². The van der Waals surface area contributed by atoms with Crippen LogP contribution in [0.25, 0.3) is 0 Å². The minimum Gasteiger partial charge on any atom is -0.477 e. The average Bonchev–Trinajstić information content (AvgIpc) is 3.04. The van der Waals surface area contributed by atoms with Gasteiger partial charge in [0.25, 0.3) is 5.91 Å². The highest BCUT2D eigenvalue weighted by Gasteiger charge is 2.43. The maximum Gasteiger partial charge on any atom is 0.263 e. The van der Waals surface area contributed by atoms with Gasteiger partial charge in [0.2, 0.25) is 5.91 Å². The monoisotopic (exact) mass is 504 g/mol. The summed E-state index contributed by atoms with van der Waals surface area (Å²) in [5, 5.41) is 3.05. The van der Waals surface area contributed by atoms with Crippen LogP contribution in [0, 0.1) is 5.82 Å². The van der Waals surface area contributed by atoms with Crippen LogP contribution in [0.1, 0.15) is 49.9 Å². The number of rotatable bonds is 7. The van der Waals surface area contributed by atoms with Crippen LogP contribution in [-0.2, 0) is 14.6 Å². The summed E-state index contributed by atoms with van der Waals surface area (Å²) in [7, 11) is -3.76. The fourth-order valence-corrected chi connectivity index (χ4v) is 5.69. The Bertz CT molecular complexity index is 1240. The Hall–Kier alpha value is -3.21. The summed E-state index contributed by atoms with van der Waals surface area (Å²) in [5.41, 5.74) is 4.27. The largest absolute Gasteiger partial charge is 0.477 e. The van der Waals surface area contributed by atoms with E-state index in [1.54, 1.807) is 26.0 Å². The third-order valence-corrected chi connectivity index (χ3v) is 7.70. The Morgan fingerprint density at radius 3 is 2.37 bits per heavy atom. The average molecular weight is 505 g/mol. The van der Waals surface area contributed by atoms with Gasteiger partial charge < -0.3 is 20.7 Å². The molecule has 2 aliphatic rings. The van der Waals surface area contributed by atoms with Crippen LogP contribution in [0.15, 0.2) is 41.4 Å². The number of carbonyl (C=O) groups excluding carboxylic acids is 2. The molecular formula is C24H29FN4O5S. The molecule has 2 bridgehead atoms. The van der Waals surface area contributed by atoms with Crippen LogP contribution in [-0.4, -0.2) is 55.2 Å². The van der Waals surface area contributed by atoms with Crippen molar-refractivity contribution in [1.29, 1.82) is 0 Å². The Balaban J connectivity index is 1.44. The predicted octanol–water partition coefficient (Wildman–Crippen LogP) is 2.20. The number of pyridine rings is 1. The fourth-order valence-electron chi connectivity index (χ4n) is 4.89. The first-order chi connectivity index (χ1) is 16.3. The number of nitrogens with zero attached hydrogens (tertiary/aromatic N) is 2. The lowest BCUT2D eigenvalue weighted by Crippen LogP contribution is -2.55. The molecule has 2 aromatic rings. The summed E-state index contributed by atoms with van der Waals surface area (Å²) >= 11 is 0. The molecule has 9 nitrogen and oxygen atoms in total. The van der Waals surface area contributed by atoms with Gasteiger partial charge in [-0.3, -0.25) is 9.59 Å².